The Morgan fingerprint density at radius 2 is 2.00 bits per heavy atom. The Kier molecular flexibility index (Phi) is 7.35. The van der Waals surface area contributed by atoms with Gasteiger partial charge in [0.25, 0.3) is 5.91 Å². The van der Waals surface area contributed by atoms with Gasteiger partial charge in [-0.15, -0.1) is 0 Å². The Bertz CT molecular complexity index is 608. The molecule has 0 radical (unpaired) electrons. The summed E-state index contributed by atoms with van der Waals surface area (Å²) in [4.78, 5) is 12.4. The number of carbonyl (C=O) groups is 1. The van der Waals surface area contributed by atoms with E-state index in [1.807, 2.05) is 37.3 Å². The van der Waals surface area contributed by atoms with Crippen LogP contribution >= 0.6 is 0 Å². The molecule has 0 aliphatic heterocycles. The maximum atomic E-state index is 12.4. The molecule has 24 heavy (non-hydrogen) atoms. The van der Waals surface area contributed by atoms with Crippen molar-refractivity contribution >= 4 is 12.0 Å². The summed E-state index contributed by atoms with van der Waals surface area (Å²) in [5, 5.41) is 12.4. The molecule has 0 aromatic heterocycles. The van der Waals surface area contributed by atoms with Crippen LogP contribution in [0.25, 0.3) is 6.08 Å². The van der Waals surface area contributed by atoms with E-state index in [4.69, 9.17) is 4.74 Å². The molecular formula is C20H26N2O2. The summed E-state index contributed by atoms with van der Waals surface area (Å²) in [5.74, 6) is 0.420. The fourth-order valence-electron chi connectivity index (χ4n) is 2.93. The highest BCUT2D eigenvalue weighted by Crippen LogP contribution is 2.22. The van der Waals surface area contributed by atoms with Gasteiger partial charge in [0.1, 0.15) is 17.4 Å². The normalized spacial score (nSPS) is 16.1. The molecule has 0 saturated heterocycles. The topological polar surface area (TPSA) is 62.1 Å². The van der Waals surface area contributed by atoms with Crippen LogP contribution in [0.2, 0.25) is 0 Å². The zero-order valence-corrected chi connectivity index (χ0v) is 14.4. The Hall–Kier alpha value is -2.28. The summed E-state index contributed by atoms with van der Waals surface area (Å²) in [7, 11) is 0. The molecule has 1 aromatic rings. The molecule has 0 bridgehead atoms. The van der Waals surface area contributed by atoms with Crippen LogP contribution in [0.15, 0.2) is 29.8 Å². The lowest BCUT2D eigenvalue weighted by Crippen LogP contribution is -2.35. The number of rotatable bonds is 6. The van der Waals surface area contributed by atoms with Crippen LogP contribution in [0.3, 0.4) is 0 Å². The van der Waals surface area contributed by atoms with Crippen molar-refractivity contribution in [3.63, 3.8) is 0 Å². The van der Waals surface area contributed by atoms with Crippen LogP contribution < -0.4 is 10.1 Å². The van der Waals surface area contributed by atoms with E-state index in [9.17, 15) is 10.1 Å². The summed E-state index contributed by atoms with van der Waals surface area (Å²) in [6.45, 7) is 2.65. The van der Waals surface area contributed by atoms with E-state index in [0.717, 1.165) is 37.7 Å². The molecule has 1 aromatic carbocycles. The van der Waals surface area contributed by atoms with Crippen molar-refractivity contribution in [1.82, 2.24) is 5.32 Å². The van der Waals surface area contributed by atoms with Gasteiger partial charge in [-0.3, -0.25) is 4.79 Å². The fourth-order valence-corrected chi connectivity index (χ4v) is 2.93. The van der Waals surface area contributed by atoms with Crippen molar-refractivity contribution in [2.75, 3.05) is 6.61 Å². The molecule has 0 unspecified atom stereocenters. The largest absolute Gasteiger partial charge is 0.493 e. The molecular weight excluding hydrogens is 300 g/mol. The first kappa shape index (κ1) is 18.1. The lowest BCUT2D eigenvalue weighted by atomic mass is 10.1. The van der Waals surface area contributed by atoms with Crippen molar-refractivity contribution in [2.24, 2.45) is 0 Å². The summed E-state index contributed by atoms with van der Waals surface area (Å²) < 4.78 is 5.69. The van der Waals surface area contributed by atoms with Gasteiger partial charge >= 0.3 is 0 Å². The SMILES string of the molecule is CCCOc1ccccc1/C=C(\C#N)C(=O)NC1CCCCCC1. The van der Waals surface area contributed by atoms with Gasteiger partial charge in [0.15, 0.2) is 0 Å². The molecule has 128 valence electrons. The number of hydrogen-bond donors (Lipinski definition) is 1. The van der Waals surface area contributed by atoms with Crippen molar-refractivity contribution in [2.45, 2.75) is 57.9 Å². The van der Waals surface area contributed by atoms with Crippen LogP contribution in [0.5, 0.6) is 5.75 Å². The predicted octanol–water partition coefficient (Wildman–Crippen LogP) is 4.22. The van der Waals surface area contributed by atoms with Gasteiger partial charge in [-0.2, -0.15) is 5.26 Å². The van der Waals surface area contributed by atoms with Gasteiger partial charge in [-0.1, -0.05) is 50.8 Å². The molecule has 4 nitrogen and oxygen atoms in total. The molecule has 0 heterocycles. The Morgan fingerprint density at radius 3 is 2.67 bits per heavy atom. The van der Waals surface area contributed by atoms with E-state index in [1.54, 1.807) is 6.08 Å². The highest BCUT2D eigenvalue weighted by molar-refractivity contribution is 6.02. The third-order valence-corrected chi connectivity index (χ3v) is 4.24. The number of nitriles is 1. The molecule has 1 amide bonds. The average molecular weight is 326 g/mol. The summed E-state index contributed by atoms with van der Waals surface area (Å²) in [6.07, 6.45) is 9.28. The highest BCUT2D eigenvalue weighted by Gasteiger charge is 2.17. The first-order valence-electron chi connectivity index (χ1n) is 8.89. The zero-order valence-electron chi connectivity index (χ0n) is 14.4. The molecule has 0 atom stereocenters. The number of carbonyl (C=O) groups excluding carboxylic acids is 1. The van der Waals surface area contributed by atoms with E-state index >= 15 is 0 Å². The molecule has 1 aliphatic rings. The standard InChI is InChI=1S/C20H26N2O2/c1-2-13-24-19-12-8-7-9-16(19)14-17(15-21)20(23)22-18-10-5-3-4-6-11-18/h7-9,12,14,18H,2-6,10-11,13H2,1H3,(H,22,23)/b17-14+. The van der Waals surface area contributed by atoms with Gasteiger partial charge in [0.2, 0.25) is 0 Å². The lowest BCUT2D eigenvalue weighted by molar-refractivity contribution is -0.117. The predicted molar refractivity (Wildman–Crippen MR) is 95.5 cm³/mol. The molecule has 1 fully saturated rings. The van der Waals surface area contributed by atoms with Crippen molar-refractivity contribution in [1.29, 1.82) is 5.26 Å². The molecule has 1 N–H and O–H groups in total. The molecule has 4 heteroatoms. The van der Waals surface area contributed by atoms with E-state index in [1.165, 1.54) is 12.8 Å². The van der Waals surface area contributed by atoms with Gasteiger partial charge in [-0.05, 0) is 31.4 Å². The zero-order chi connectivity index (χ0) is 17.2. The number of benzene rings is 1. The third-order valence-electron chi connectivity index (χ3n) is 4.24. The van der Waals surface area contributed by atoms with E-state index in [0.29, 0.717) is 12.4 Å². The number of nitrogens with one attached hydrogen (secondary N) is 1. The Balaban J connectivity index is 2.10. The smallest absolute Gasteiger partial charge is 0.262 e. The van der Waals surface area contributed by atoms with Crippen molar-refractivity contribution < 1.29 is 9.53 Å². The lowest BCUT2D eigenvalue weighted by Gasteiger charge is -2.16. The minimum absolute atomic E-state index is 0.131. The van der Waals surface area contributed by atoms with Crippen LogP contribution in [0.1, 0.15) is 57.4 Å². The Morgan fingerprint density at radius 1 is 1.29 bits per heavy atom. The monoisotopic (exact) mass is 326 g/mol. The minimum Gasteiger partial charge on any atom is -0.493 e. The first-order chi connectivity index (χ1) is 11.7. The highest BCUT2D eigenvalue weighted by atomic mass is 16.5. The number of ether oxygens (including phenoxy) is 1. The van der Waals surface area contributed by atoms with E-state index in [2.05, 4.69) is 5.32 Å². The Labute approximate surface area is 144 Å². The second-order valence-corrected chi connectivity index (χ2v) is 6.22. The molecule has 0 spiro atoms. The second-order valence-electron chi connectivity index (χ2n) is 6.22. The fraction of sp³-hybridized carbons (Fsp3) is 0.500. The average Bonchev–Trinajstić information content (AvgIpc) is 2.87. The molecule has 1 saturated carbocycles. The van der Waals surface area contributed by atoms with Gasteiger partial charge < -0.3 is 10.1 Å². The van der Waals surface area contributed by atoms with E-state index in [-0.39, 0.29) is 17.5 Å². The number of nitrogens with zero attached hydrogens (tertiary/aromatic N) is 1. The third kappa shape index (κ3) is 5.42. The number of hydrogen-bond acceptors (Lipinski definition) is 3. The molecule has 2 rings (SSSR count). The summed E-state index contributed by atoms with van der Waals surface area (Å²) >= 11 is 0. The van der Waals surface area contributed by atoms with Gasteiger partial charge in [-0.25, -0.2) is 0 Å². The molecule has 1 aliphatic carbocycles. The van der Waals surface area contributed by atoms with Crippen LogP contribution in [0.4, 0.5) is 0 Å². The second kappa shape index (κ2) is 9.77. The summed E-state index contributed by atoms with van der Waals surface area (Å²) in [6, 6.07) is 9.71. The van der Waals surface area contributed by atoms with Crippen LogP contribution in [-0.4, -0.2) is 18.6 Å². The van der Waals surface area contributed by atoms with Crippen molar-refractivity contribution in [3.8, 4) is 11.8 Å². The first-order valence-corrected chi connectivity index (χ1v) is 8.89. The number of amides is 1. The maximum absolute atomic E-state index is 12.4. The minimum atomic E-state index is -0.283. The van der Waals surface area contributed by atoms with Crippen molar-refractivity contribution in [3.05, 3.63) is 35.4 Å². The quantitative estimate of drug-likeness (QED) is 0.483. The maximum Gasteiger partial charge on any atom is 0.262 e. The van der Waals surface area contributed by atoms with Crippen LogP contribution in [-0.2, 0) is 4.79 Å². The van der Waals surface area contributed by atoms with Gasteiger partial charge in [0, 0.05) is 11.6 Å². The van der Waals surface area contributed by atoms with E-state index < -0.39 is 0 Å². The number of para-hydroxylation sites is 1. The summed E-state index contributed by atoms with van der Waals surface area (Å²) in [5.41, 5.74) is 0.894. The van der Waals surface area contributed by atoms with Crippen LogP contribution in [0, 0.1) is 11.3 Å². The van der Waals surface area contributed by atoms with Gasteiger partial charge in [0.05, 0.1) is 6.61 Å².